The lowest BCUT2D eigenvalue weighted by Gasteiger charge is -2.00. The number of nitro benzene ring substituents is 1. The van der Waals surface area contributed by atoms with Crippen molar-refractivity contribution >= 4 is 5.69 Å². The van der Waals surface area contributed by atoms with Crippen LogP contribution in [0.5, 0.6) is 0 Å². The van der Waals surface area contributed by atoms with E-state index in [4.69, 9.17) is 4.74 Å². The highest BCUT2D eigenvalue weighted by molar-refractivity contribution is 5.33. The summed E-state index contributed by atoms with van der Waals surface area (Å²) in [6, 6.07) is 6.39. The third-order valence-corrected chi connectivity index (χ3v) is 1.63. The van der Waals surface area contributed by atoms with Crippen molar-refractivity contribution in [2.24, 2.45) is 0 Å². The standard InChI is InChI=1S/C10H11NO3/c1-2-6-14-8-9-4-3-5-10(7-9)11(12)13/h2-5,7H,1,6,8H2. The molecule has 1 aromatic rings. The Balaban J connectivity index is 2.63. The van der Waals surface area contributed by atoms with E-state index in [2.05, 4.69) is 6.58 Å². The zero-order chi connectivity index (χ0) is 10.4. The minimum absolute atomic E-state index is 0.0877. The Labute approximate surface area is 82.0 Å². The van der Waals surface area contributed by atoms with Gasteiger partial charge in [0.25, 0.3) is 5.69 Å². The van der Waals surface area contributed by atoms with E-state index in [1.807, 2.05) is 0 Å². The molecule has 1 aromatic carbocycles. The maximum Gasteiger partial charge on any atom is 0.269 e. The summed E-state index contributed by atoms with van der Waals surface area (Å²) < 4.78 is 5.16. The Morgan fingerprint density at radius 3 is 3.00 bits per heavy atom. The lowest BCUT2D eigenvalue weighted by Crippen LogP contribution is -1.94. The van der Waals surface area contributed by atoms with E-state index in [-0.39, 0.29) is 5.69 Å². The van der Waals surface area contributed by atoms with Crippen molar-refractivity contribution in [2.75, 3.05) is 6.61 Å². The summed E-state index contributed by atoms with van der Waals surface area (Å²) in [4.78, 5) is 10.0. The van der Waals surface area contributed by atoms with Crippen LogP contribution in [0, 0.1) is 10.1 Å². The highest BCUT2D eigenvalue weighted by Gasteiger charge is 2.04. The first-order valence-corrected chi connectivity index (χ1v) is 4.16. The molecular weight excluding hydrogens is 182 g/mol. The fourth-order valence-corrected chi connectivity index (χ4v) is 1.02. The van der Waals surface area contributed by atoms with Crippen molar-refractivity contribution < 1.29 is 9.66 Å². The van der Waals surface area contributed by atoms with Crippen LogP contribution in [0.15, 0.2) is 36.9 Å². The molecule has 0 aromatic heterocycles. The van der Waals surface area contributed by atoms with Gasteiger partial charge in [-0.05, 0) is 5.56 Å². The number of non-ortho nitro benzene ring substituents is 1. The van der Waals surface area contributed by atoms with E-state index in [0.29, 0.717) is 13.2 Å². The summed E-state index contributed by atoms with van der Waals surface area (Å²) in [5.74, 6) is 0. The molecule has 0 heterocycles. The Hall–Kier alpha value is -1.68. The van der Waals surface area contributed by atoms with Gasteiger partial charge in [0.05, 0.1) is 18.1 Å². The number of hydrogen-bond donors (Lipinski definition) is 0. The molecule has 4 heteroatoms. The van der Waals surface area contributed by atoms with Crippen molar-refractivity contribution in [1.82, 2.24) is 0 Å². The molecule has 0 spiro atoms. The molecule has 0 radical (unpaired) electrons. The molecule has 0 fully saturated rings. The maximum atomic E-state index is 10.4. The van der Waals surface area contributed by atoms with Gasteiger partial charge in [-0.25, -0.2) is 0 Å². The van der Waals surface area contributed by atoms with Gasteiger partial charge in [0.1, 0.15) is 0 Å². The van der Waals surface area contributed by atoms with E-state index in [1.54, 1.807) is 18.2 Å². The first-order valence-electron chi connectivity index (χ1n) is 4.16. The number of nitrogens with zero attached hydrogens (tertiary/aromatic N) is 1. The predicted molar refractivity (Wildman–Crippen MR) is 52.9 cm³/mol. The number of rotatable bonds is 5. The van der Waals surface area contributed by atoms with Gasteiger partial charge in [-0.2, -0.15) is 0 Å². The van der Waals surface area contributed by atoms with E-state index < -0.39 is 4.92 Å². The van der Waals surface area contributed by atoms with Crippen LogP contribution in [-0.4, -0.2) is 11.5 Å². The summed E-state index contributed by atoms with van der Waals surface area (Å²) >= 11 is 0. The number of nitro groups is 1. The molecule has 1 rings (SSSR count). The number of hydrogen-bond acceptors (Lipinski definition) is 3. The third kappa shape index (κ3) is 2.99. The quantitative estimate of drug-likeness (QED) is 0.312. The zero-order valence-corrected chi connectivity index (χ0v) is 7.68. The molecule has 0 amide bonds. The highest BCUT2D eigenvalue weighted by atomic mass is 16.6. The Morgan fingerprint density at radius 2 is 2.36 bits per heavy atom. The SMILES string of the molecule is C=CCOCc1cccc([N+](=O)[O-])c1. The molecule has 0 N–H and O–H groups in total. The average molecular weight is 193 g/mol. The second-order valence-electron chi connectivity index (χ2n) is 2.73. The maximum absolute atomic E-state index is 10.4. The van der Waals surface area contributed by atoms with E-state index in [9.17, 15) is 10.1 Å². The van der Waals surface area contributed by atoms with Crippen LogP contribution in [0.25, 0.3) is 0 Å². The third-order valence-electron chi connectivity index (χ3n) is 1.63. The first-order chi connectivity index (χ1) is 6.74. The van der Waals surface area contributed by atoms with Crippen LogP contribution in [-0.2, 0) is 11.3 Å². The van der Waals surface area contributed by atoms with E-state index >= 15 is 0 Å². The lowest BCUT2D eigenvalue weighted by molar-refractivity contribution is -0.384. The monoisotopic (exact) mass is 193 g/mol. The van der Waals surface area contributed by atoms with Gasteiger partial charge in [-0.15, -0.1) is 6.58 Å². The summed E-state index contributed by atoms with van der Waals surface area (Å²) in [5, 5.41) is 10.4. The van der Waals surface area contributed by atoms with Crippen molar-refractivity contribution in [1.29, 1.82) is 0 Å². The molecular formula is C10H11NO3. The van der Waals surface area contributed by atoms with Crippen molar-refractivity contribution in [2.45, 2.75) is 6.61 Å². The number of ether oxygens (including phenoxy) is 1. The van der Waals surface area contributed by atoms with Gasteiger partial charge in [0.15, 0.2) is 0 Å². The summed E-state index contributed by atoms with van der Waals surface area (Å²) in [7, 11) is 0. The van der Waals surface area contributed by atoms with Gasteiger partial charge >= 0.3 is 0 Å². The van der Waals surface area contributed by atoms with Crippen LogP contribution in [0.3, 0.4) is 0 Å². The fourth-order valence-electron chi connectivity index (χ4n) is 1.02. The van der Waals surface area contributed by atoms with Crippen LogP contribution in [0.1, 0.15) is 5.56 Å². The molecule has 0 atom stereocenters. The zero-order valence-electron chi connectivity index (χ0n) is 7.68. The molecule has 0 bridgehead atoms. The summed E-state index contributed by atoms with van der Waals surface area (Å²) in [5.41, 5.74) is 0.880. The topological polar surface area (TPSA) is 52.4 Å². The van der Waals surface area contributed by atoms with Crippen molar-refractivity contribution in [3.63, 3.8) is 0 Å². The number of benzene rings is 1. The summed E-state index contributed by atoms with van der Waals surface area (Å²) in [6.45, 7) is 4.32. The Morgan fingerprint density at radius 1 is 1.57 bits per heavy atom. The molecule has 0 aliphatic carbocycles. The van der Waals surface area contributed by atoms with Crippen LogP contribution < -0.4 is 0 Å². The van der Waals surface area contributed by atoms with E-state index in [1.165, 1.54) is 12.1 Å². The molecule has 14 heavy (non-hydrogen) atoms. The minimum atomic E-state index is -0.420. The second kappa shape index (κ2) is 5.14. The second-order valence-corrected chi connectivity index (χ2v) is 2.73. The van der Waals surface area contributed by atoms with Gasteiger partial charge < -0.3 is 4.74 Å². The summed E-state index contributed by atoms with van der Waals surface area (Å²) in [6.07, 6.45) is 1.64. The highest BCUT2D eigenvalue weighted by Crippen LogP contribution is 2.13. The molecule has 4 nitrogen and oxygen atoms in total. The average Bonchev–Trinajstić information content (AvgIpc) is 2.19. The molecule has 0 saturated heterocycles. The molecule has 0 aliphatic heterocycles. The predicted octanol–water partition coefficient (Wildman–Crippen LogP) is 2.30. The molecule has 0 saturated carbocycles. The van der Waals surface area contributed by atoms with Crippen molar-refractivity contribution in [3.05, 3.63) is 52.6 Å². The Kier molecular flexibility index (Phi) is 3.82. The normalized spacial score (nSPS) is 9.71. The Bertz CT molecular complexity index is 336. The largest absolute Gasteiger partial charge is 0.373 e. The molecule has 0 aliphatic rings. The fraction of sp³-hybridized carbons (Fsp3) is 0.200. The van der Waals surface area contributed by atoms with Gasteiger partial charge in [-0.3, -0.25) is 10.1 Å². The van der Waals surface area contributed by atoms with Crippen LogP contribution in [0.4, 0.5) is 5.69 Å². The lowest BCUT2D eigenvalue weighted by atomic mass is 10.2. The van der Waals surface area contributed by atoms with Gasteiger partial charge in [0, 0.05) is 12.1 Å². The molecule has 74 valence electrons. The van der Waals surface area contributed by atoms with Crippen LogP contribution in [0.2, 0.25) is 0 Å². The first kappa shape index (κ1) is 10.4. The van der Waals surface area contributed by atoms with E-state index in [0.717, 1.165) is 5.56 Å². The molecule has 0 unspecified atom stereocenters. The smallest absolute Gasteiger partial charge is 0.269 e. The minimum Gasteiger partial charge on any atom is -0.373 e. The van der Waals surface area contributed by atoms with Crippen LogP contribution >= 0.6 is 0 Å². The van der Waals surface area contributed by atoms with Crippen molar-refractivity contribution in [3.8, 4) is 0 Å². The van der Waals surface area contributed by atoms with Gasteiger partial charge in [-0.1, -0.05) is 18.2 Å². The van der Waals surface area contributed by atoms with Gasteiger partial charge in [0.2, 0.25) is 0 Å².